The van der Waals surface area contributed by atoms with E-state index < -0.39 is 38.4 Å². The SMILES string of the molecule is C=C[C@@H]1O[C@](OC)(c2ccco2)C[C@H](O[Si](C)(C)C(C)(C)C)[C@@H]1OC(=O)c1ccccc1. The van der Waals surface area contributed by atoms with Gasteiger partial charge in [-0.15, -0.1) is 6.58 Å². The van der Waals surface area contributed by atoms with E-state index in [0.717, 1.165) is 0 Å². The quantitative estimate of drug-likeness (QED) is 0.303. The molecule has 0 spiro atoms. The fraction of sp³-hybridized carbons (Fsp3) is 0.480. The van der Waals surface area contributed by atoms with Crippen molar-refractivity contribution in [1.82, 2.24) is 0 Å². The molecule has 0 bridgehead atoms. The number of furan rings is 1. The largest absolute Gasteiger partial charge is 0.464 e. The monoisotopic (exact) mass is 458 g/mol. The lowest BCUT2D eigenvalue weighted by molar-refractivity contribution is -0.313. The number of carbonyl (C=O) groups excluding carboxylic acids is 1. The van der Waals surface area contributed by atoms with Gasteiger partial charge in [0.05, 0.1) is 17.9 Å². The van der Waals surface area contributed by atoms with Crippen LogP contribution >= 0.6 is 0 Å². The van der Waals surface area contributed by atoms with Crippen molar-refractivity contribution in [2.24, 2.45) is 0 Å². The summed E-state index contributed by atoms with van der Waals surface area (Å²) in [5, 5.41) is -0.0383. The summed E-state index contributed by atoms with van der Waals surface area (Å²) < 4.78 is 30.6. The van der Waals surface area contributed by atoms with Gasteiger partial charge < -0.3 is 23.1 Å². The van der Waals surface area contributed by atoms with E-state index in [0.29, 0.717) is 17.7 Å². The molecule has 0 aliphatic carbocycles. The first-order chi connectivity index (χ1) is 15.0. The van der Waals surface area contributed by atoms with Gasteiger partial charge in [-0.3, -0.25) is 0 Å². The molecule has 3 rings (SSSR count). The first-order valence-electron chi connectivity index (χ1n) is 10.9. The summed E-state index contributed by atoms with van der Waals surface area (Å²) >= 11 is 0. The second-order valence-electron chi connectivity index (χ2n) is 9.61. The lowest BCUT2D eigenvalue weighted by Gasteiger charge is -2.49. The van der Waals surface area contributed by atoms with Gasteiger partial charge in [0.1, 0.15) is 6.10 Å². The molecule has 1 saturated heterocycles. The van der Waals surface area contributed by atoms with Crippen LogP contribution in [-0.4, -0.2) is 39.7 Å². The molecule has 0 saturated carbocycles. The number of hydrogen-bond donors (Lipinski definition) is 0. The molecule has 0 unspecified atom stereocenters. The molecular weight excluding hydrogens is 424 g/mol. The second-order valence-corrected chi connectivity index (χ2v) is 14.4. The fourth-order valence-electron chi connectivity index (χ4n) is 3.57. The van der Waals surface area contributed by atoms with Gasteiger partial charge in [0.25, 0.3) is 0 Å². The molecule has 7 heteroatoms. The number of ether oxygens (including phenoxy) is 3. The lowest BCUT2D eigenvalue weighted by Crippen LogP contribution is -2.59. The minimum absolute atomic E-state index is 0.0383. The summed E-state index contributed by atoms with van der Waals surface area (Å²) in [6.45, 7) is 14.8. The zero-order valence-corrected chi connectivity index (χ0v) is 20.8. The van der Waals surface area contributed by atoms with Crippen molar-refractivity contribution in [3.8, 4) is 0 Å². The van der Waals surface area contributed by atoms with Crippen LogP contribution in [0.25, 0.3) is 0 Å². The van der Waals surface area contributed by atoms with E-state index in [1.807, 2.05) is 12.1 Å². The van der Waals surface area contributed by atoms with E-state index in [-0.39, 0.29) is 5.04 Å². The predicted octanol–water partition coefficient (Wildman–Crippen LogP) is 5.67. The van der Waals surface area contributed by atoms with Crippen LogP contribution in [0.5, 0.6) is 0 Å². The predicted molar refractivity (Wildman–Crippen MR) is 125 cm³/mol. The average Bonchev–Trinajstić information content (AvgIpc) is 3.30. The lowest BCUT2D eigenvalue weighted by atomic mass is 9.93. The highest BCUT2D eigenvalue weighted by atomic mass is 28.4. The molecular formula is C25H34O6Si. The third-order valence-corrected chi connectivity index (χ3v) is 11.0. The maximum absolute atomic E-state index is 12.9. The minimum atomic E-state index is -2.23. The Morgan fingerprint density at radius 1 is 1.19 bits per heavy atom. The molecule has 4 atom stereocenters. The van der Waals surface area contributed by atoms with Crippen LogP contribution in [0, 0.1) is 0 Å². The summed E-state index contributed by atoms with van der Waals surface area (Å²) in [5.41, 5.74) is 0.469. The van der Waals surface area contributed by atoms with Crippen molar-refractivity contribution in [3.63, 3.8) is 0 Å². The highest BCUT2D eigenvalue weighted by Crippen LogP contribution is 2.45. The Kier molecular flexibility index (Phi) is 7.14. The molecule has 1 aromatic carbocycles. The molecule has 1 aliphatic heterocycles. The zero-order valence-electron chi connectivity index (χ0n) is 19.8. The first kappa shape index (κ1) is 24.4. The molecule has 0 amide bonds. The normalized spacial score (nSPS) is 26.5. The smallest absolute Gasteiger partial charge is 0.338 e. The van der Waals surface area contributed by atoms with E-state index in [9.17, 15) is 4.79 Å². The number of rotatable bonds is 7. The summed E-state index contributed by atoms with van der Waals surface area (Å²) in [4.78, 5) is 12.9. The Labute approximate surface area is 191 Å². The molecule has 6 nitrogen and oxygen atoms in total. The molecule has 0 N–H and O–H groups in total. The molecule has 1 fully saturated rings. The van der Waals surface area contributed by atoms with Crippen LogP contribution in [0.4, 0.5) is 0 Å². The summed E-state index contributed by atoms with van der Waals surface area (Å²) in [5.74, 6) is -1.08. The van der Waals surface area contributed by atoms with E-state index in [4.69, 9.17) is 23.1 Å². The van der Waals surface area contributed by atoms with Gasteiger partial charge in [-0.2, -0.15) is 0 Å². The van der Waals surface area contributed by atoms with Crippen LogP contribution in [0.1, 0.15) is 43.3 Å². The Balaban J connectivity index is 1.98. The highest BCUT2D eigenvalue weighted by molar-refractivity contribution is 6.74. The topological polar surface area (TPSA) is 67.1 Å². The van der Waals surface area contributed by atoms with Gasteiger partial charge in [0.15, 0.2) is 20.2 Å². The third-order valence-electron chi connectivity index (χ3n) is 6.45. The number of esters is 1. The van der Waals surface area contributed by atoms with Crippen molar-refractivity contribution in [1.29, 1.82) is 0 Å². The van der Waals surface area contributed by atoms with Crippen molar-refractivity contribution in [2.45, 2.75) is 69.4 Å². The van der Waals surface area contributed by atoms with E-state index in [1.54, 1.807) is 49.8 Å². The minimum Gasteiger partial charge on any atom is -0.464 e. The summed E-state index contributed by atoms with van der Waals surface area (Å²) in [6.07, 6.45) is 1.68. The van der Waals surface area contributed by atoms with Crippen LogP contribution in [0.3, 0.4) is 0 Å². The fourth-order valence-corrected chi connectivity index (χ4v) is 4.90. The second kappa shape index (κ2) is 9.35. The van der Waals surface area contributed by atoms with Crippen LogP contribution in [-0.2, 0) is 24.4 Å². The number of benzene rings is 1. The maximum atomic E-state index is 12.9. The molecule has 2 aromatic rings. The van der Waals surface area contributed by atoms with Gasteiger partial charge in [-0.1, -0.05) is 45.0 Å². The summed E-state index contributed by atoms with van der Waals surface area (Å²) in [7, 11) is -0.662. The molecule has 0 radical (unpaired) electrons. The van der Waals surface area contributed by atoms with Gasteiger partial charge in [0.2, 0.25) is 5.79 Å². The number of hydrogen-bond acceptors (Lipinski definition) is 6. The van der Waals surface area contributed by atoms with Gasteiger partial charge in [-0.05, 0) is 42.4 Å². The van der Waals surface area contributed by atoms with Crippen LogP contribution < -0.4 is 0 Å². The molecule has 2 heterocycles. The number of methoxy groups -OCH3 is 1. The highest BCUT2D eigenvalue weighted by Gasteiger charge is 2.54. The van der Waals surface area contributed by atoms with Crippen molar-refractivity contribution in [2.75, 3.05) is 7.11 Å². The Bertz CT molecular complexity index is 902. The Hall–Kier alpha value is -2.19. The average molecular weight is 459 g/mol. The Morgan fingerprint density at radius 2 is 1.88 bits per heavy atom. The van der Waals surface area contributed by atoms with Gasteiger partial charge in [-0.25, -0.2) is 4.79 Å². The van der Waals surface area contributed by atoms with Crippen molar-refractivity contribution in [3.05, 3.63) is 72.7 Å². The zero-order chi connectivity index (χ0) is 23.6. The number of carbonyl (C=O) groups is 1. The van der Waals surface area contributed by atoms with Crippen LogP contribution in [0.2, 0.25) is 18.1 Å². The van der Waals surface area contributed by atoms with Crippen molar-refractivity contribution < 1.29 is 27.8 Å². The standard InChI is InChI=1S/C25H34O6Si/c1-8-19-22(29-23(26)18-13-10-9-11-14-18)20(31-32(6,7)24(2,3)4)17-25(27-5,30-19)21-15-12-16-28-21/h8-16,19-20,22H,1,17H2,2-7H3/t19-,20-,22+,25-/m0/s1. The molecule has 32 heavy (non-hydrogen) atoms. The maximum Gasteiger partial charge on any atom is 0.338 e. The van der Waals surface area contributed by atoms with E-state index >= 15 is 0 Å². The van der Waals surface area contributed by atoms with E-state index in [2.05, 4.69) is 40.4 Å². The molecule has 1 aromatic heterocycles. The van der Waals surface area contributed by atoms with Gasteiger partial charge in [0, 0.05) is 13.5 Å². The molecule has 1 aliphatic rings. The third kappa shape index (κ3) is 4.91. The van der Waals surface area contributed by atoms with Crippen molar-refractivity contribution >= 4 is 14.3 Å². The molecule has 174 valence electrons. The Morgan fingerprint density at radius 3 is 2.41 bits per heavy atom. The van der Waals surface area contributed by atoms with Crippen LogP contribution in [0.15, 0.2) is 65.8 Å². The first-order valence-corrected chi connectivity index (χ1v) is 13.8. The van der Waals surface area contributed by atoms with Gasteiger partial charge >= 0.3 is 5.97 Å². The van der Waals surface area contributed by atoms with E-state index in [1.165, 1.54) is 0 Å². The summed E-state index contributed by atoms with van der Waals surface area (Å²) in [6, 6.07) is 12.5.